The largest absolute Gasteiger partial charge is 0.391 e. The number of aromatic nitrogens is 1. The van der Waals surface area contributed by atoms with Crippen LogP contribution in [0.15, 0.2) is 54.6 Å². The smallest absolute Gasteiger partial charge is 0.229 e. The Hall–Kier alpha value is -2.97. The van der Waals surface area contributed by atoms with Gasteiger partial charge >= 0.3 is 0 Å². The molecule has 0 radical (unpaired) electrons. The molecule has 0 aliphatic heterocycles. The van der Waals surface area contributed by atoms with E-state index in [1.807, 2.05) is 16.7 Å². The highest BCUT2D eigenvalue weighted by Crippen LogP contribution is 2.31. The van der Waals surface area contributed by atoms with Crippen molar-refractivity contribution in [2.45, 2.75) is 38.8 Å². The van der Waals surface area contributed by atoms with E-state index in [1.165, 1.54) is 24.3 Å². The average Bonchev–Trinajstić information content (AvgIpc) is 3.01. The molecule has 4 rings (SSSR count). The minimum absolute atomic E-state index is 0.174. The lowest BCUT2D eigenvalue weighted by Gasteiger charge is -2.18. The fourth-order valence-corrected chi connectivity index (χ4v) is 4.93. The number of aliphatic hydroxyl groups is 1. The molecular weight excluding hydrogens is 446 g/mol. The van der Waals surface area contributed by atoms with Crippen molar-refractivity contribution in [2.75, 3.05) is 11.0 Å². The van der Waals surface area contributed by atoms with Crippen LogP contribution in [0.2, 0.25) is 0 Å². The van der Waals surface area contributed by atoms with E-state index in [4.69, 9.17) is 0 Å². The van der Waals surface area contributed by atoms with Crippen molar-refractivity contribution < 1.29 is 22.3 Å². The van der Waals surface area contributed by atoms with Gasteiger partial charge in [-0.3, -0.25) is 4.72 Å². The van der Waals surface area contributed by atoms with Crippen LogP contribution in [0, 0.1) is 11.6 Å². The molecule has 0 aliphatic carbocycles. The van der Waals surface area contributed by atoms with Gasteiger partial charge in [-0.15, -0.1) is 0 Å². The summed E-state index contributed by atoms with van der Waals surface area (Å²) in [5.74, 6) is -0.842. The third kappa shape index (κ3) is 5.17. The van der Waals surface area contributed by atoms with Gasteiger partial charge in [0.25, 0.3) is 0 Å². The molecule has 8 heteroatoms. The van der Waals surface area contributed by atoms with Gasteiger partial charge in [-0.25, -0.2) is 17.2 Å². The molecule has 4 aromatic rings. The first-order chi connectivity index (χ1) is 15.6. The number of nitrogens with zero attached hydrogens (tertiary/aromatic N) is 1. The van der Waals surface area contributed by atoms with Gasteiger partial charge in [0.15, 0.2) is 0 Å². The molecule has 2 N–H and O–H groups in total. The Labute approximate surface area is 191 Å². The first-order valence-electron chi connectivity index (χ1n) is 10.8. The SMILES string of the molecule is CCCc1ccc(NS(C)(=O)=O)c(CC(O)Cn2c3ccc(F)cc3c3cc(F)ccc32)c1. The molecule has 0 saturated heterocycles. The number of fused-ring (bicyclic) bond motifs is 3. The van der Waals surface area contributed by atoms with Gasteiger partial charge in [0.2, 0.25) is 10.0 Å². The summed E-state index contributed by atoms with van der Waals surface area (Å²) in [6.45, 7) is 2.23. The number of benzene rings is 3. The van der Waals surface area contributed by atoms with Crippen LogP contribution in [0.4, 0.5) is 14.5 Å². The van der Waals surface area contributed by atoms with Gasteiger partial charge in [0.1, 0.15) is 11.6 Å². The van der Waals surface area contributed by atoms with Crippen molar-refractivity contribution in [3.8, 4) is 0 Å². The Morgan fingerprint density at radius 1 is 0.970 bits per heavy atom. The zero-order valence-electron chi connectivity index (χ0n) is 18.5. The van der Waals surface area contributed by atoms with Crippen LogP contribution < -0.4 is 4.72 Å². The number of aliphatic hydroxyl groups excluding tert-OH is 1. The number of aryl methyl sites for hydroxylation is 1. The van der Waals surface area contributed by atoms with Gasteiger partial charge in [0.05, 0.1) is 18.0 Å². The summed E-state index contributed by atoms with van der Waals surface area (Å²) in [7, 11) is -3.48. The Morgan fingerprint density at radius 3 is 2.12 bits per heavy atom. The minimum atomic E-state index is -3.48. The maximum Gasteiger partial charge on any atom is 0.229 e. The summed E-state index contributed by atoms with van der Waals surface area (Å²) in [5, 5.41) is 12.1. The predicted octanol–water partition coefficient (Wildman–Crippen LogP) is 5.00. The van der Waals surface area contributed by atoms with Crippen molar-refractivity contribution in [3.05, 3.63) is 77.4 Å². The second-order valence-electron chi connectivity index (χ2n) is 8.41. The Kier molecular flexibility index (Phi) is 6.41. The highest BCUT2D eigenvalue weighted by molar-refractivity contribution is 7.92. The average molecular weight is 473 g/mol. The summed E-state index contributed by atoms with van der Waals surface area (Å²) in [5.41, 5.74) is 3.55. The third-order valence-corrected chi connectivity index (χ3v) is 6.23. The first kappa shape index (κ1) is 23.2. The van der Waals surface area contributed by atoms with Crippen LogP contribution in [0.1, 0.15) is 24.5 Å². The van der Waals surface area contributed by atoms with Crippen LogP contribution >= 0.6 is 0 Å². The van der Waals surface area contributed by atoms with Gasteiger partial charge in [-0.2, -0.15) is 0 Å². The van der Waals surface area contributed by atoms with Gasteiger partial charge in [-0.1, -0.05) is 25.5 Å². The van der Waals surface area contributed by atoms with Gasteiger partial charge < -0.3 is 9.67 Å². The molecule has 1 atom stereocenters. The summed E-state index contributed by atoms with van der Waals surface area (Å²) in [6.07, 6.45) is 2.21. The Bertz CT molecular complexity index is 1370. The fraction of sp³-hybridized carbons (Fsp3) is 0.280. The molecular formula is C25H26F2N2O3S. The third-order valence-electron chi connectivity index (χ3n) is 5.64. The first-order valence-corrected chi connectivity index (χ1v) is 12.7. The number of anilines is 1. The summed E-state index contributed by atoms with van der Waals surface area (Å²) < 4.78 is 55.8. The van der Waals surface area contributed by atoms with Crippen LogP contribution in [-0.2, 0) is 29.4 Å². The maximum absolute atomic E-state index is 13.9. The highest BCUT2D eigenvalue weighted by atomic mass is 32.2. The van der Waals surface area contributed by atoms with Crippen molar-refractivity contribution in [1.29, 1.82) is 0 Å². The van der Waals surface area contributed by atoms with E-state index >= 15 is 0 Å². The van der Waals surface area contributed by atoms with E-state index in [9.17, 15) is 22.3 Å². The summed E-state index contributed by atoms with van der Waals surface area (Å²) in [6, 6.07) is 14.2. The van der Waals surface area contributed by atoms with Gasteiger partial charge in [0, 0.05) is 34.8 Å². The number of nitrogens with one attached hydrogen (secondary N) is 1. The number of hydrogen-bond acceptors (Lipinski definition) is 3. The number of hydrogen-bond donors (Lipinski definition) is 2. The van der Waals surface area contributed by atoms with Crippen molar-refractivity contribution in [2.24, 2.45) is 0 Å². The van der Waals surface area contributed by atoms with Gasteiger partial charge in [-0.05, 0) is 60.0 Å². The molecule has 1 unspecified atom stereocenters. The van der Waals surface area contributed by atoms with E-state index in [0.29, 0.717) is 33.1 Å². The molecule has 0 amide bonds. The van der Waals surface area contributed by atoms with Crippen molar-refractivity contribution >= 4 is 37.5 Å². The van der Waals surface area contributed by atoms with Crippen LogP contribution in [0.3, 0.4) is 0 Å². The van der Waals surface area contributed by atoms with E-state index in [-0.39, 0.29) is 13.0 Å². The van der Waals surface area contributed by atoms with Crippen LogP contribution in [-0.4, -0.2) is 30.5 Å². The quantitative estimate of drug-likeness (QED) is 0.379. The number of rotatable bonds is 8. The monoisotopic (exact) mass is 472 g/mol. The van der Waals surface area contributed by atoms with Crippen LogP contribution in [0.25, 0.3) is 21.8 Å². The summed E-state index contributed by atoms with van der Waals surface area (Å²) >= 11 is 0. The standard InChI is InChI=1S/C25H26F2N2O3S/c1-3-4-16-5-8-23(28-33(2,31)32)17(11-16)12-20(30)15-29-24-9-6-18(26)13-21(24)22-14-19(27)7-10-25(22)29/h5-11,13-14,20,28,30H,3-4,12,15H2,1-2H3. The molecule has 3 aromatic carbocycles. The lowest BCUT2D eigenvalue weighted by Crippen LogP contribution is -2.20. The highest BCUT2D eigenvalue weighted by Gasteiger charge is 2.18. The molecule has 0 bridgehead atoms. The molecule has 1 aromatic heterocycles. The minimum Gasteiger partial charge on any atom is -0.391 e. The molecule has 0 spiro atoms. The number of halogens is 2. The predicted molar refractivity (Wildman–Crippen MR) is 128 cm³/mol. The van der Waals surface area contributed by atoms with E-state index in [1.54, 1.807) is 18.2 Å². The van der Waals surface area contributed by atoms with E-state index in [2.05, 4.69) is 11.6 Å². The van der Waals surface area contributed by atoms with E-state index < -0.39 is 27.8 Å². The number of sulfonamides is 1. The fourth-order valence-electron chi connectivity index (χ4n) is 4.33. The lowest BCUT2D eigenvalue weighted by molar-refractivity contribution is 0.157. The molecule has 0 fully saturated rings. The molecule has 33 heavy (non-hydrogen) atoms. The molecule has 1 heterocycles. The summed E-state index contributed by atoms with van der Waals surface area (Å²) in [4.78, 5) is 0. The topological polar surface area (TPSA) is 71.3 Å². The van der Waals surface area contributed by atoms with Crippen molar-refractivity contribution in [1.82, 2.24) is 4.57 Å². The van der Waals surface area contributed by atoms with Crippen LogP contribution in [0.5, 0.6) is 0 Å². The van der Waals surface area contributed by atoms with Crippen molar-refractivity contribution in [3.63, 3.8) is 0 Å². The zero-order chi connectivity index (χ0) is 23.8. The molecule has 174 valence electrons. The molecule has 5 nitrogen and oxygen atoms in total. The maximum atomic E-state index is 13.9. The normalized spacial score (nSPS) is 13.0. The molecule has 0 aliphatic rings. The Morgan fingerprint density at radius 2 is 1.58 bits per heavy atom. The zero-order valence-corrected chi connectivity index (χ0v) is 19.3. The lowest BCUT2D eigenvalue weighted by atomic mass is 10.0. The molecule has 0 saturated carbocycles. The second kappa shape index (κ2) is 9.11. The second-order valence-corrected chi connectivity index (χ2v) is 10.2. The Balaban J connectivity index is 1.71. The van der Waals surface area contributed by atoms with E-state index in [0.717, 1.165) is 24.7 Å².